The summed E-state index contributed by atoms with van der Waals surface area (Å²) in [6.07, 6.45) is 4.44. The highest BCUT2D eigenvalue weighted by molar-refractivity contribution is 5.93. The summed E-state index contributed by atoms with van der Waals surface area (Å²) in [5, 5.41) is 4.08. The molecule has 0 radical (unpaired) electrons. The number of ether oxygens (including phenoxy) is 3. The summed E-state index contributed by atoms with van der Waals surface area (Å²) in [5.41, 5.74) is 3.77. The van der Waals surface area contributed by atoms with Crippen molar-refractivity contribution >= 4 is 28.5 Å². The summed E-state index contributed by atoms with van der Waals surface area (Å²) in [6.45, 7) is 0.863. The molecule has 0 spiro atoms. The molecule has 1 heterocycles. The number of rotatable bonds is 12. The molecule has 1 aliphatic rings. The Hall–Kier alpha value is -4.66. The Kier molecular flexibility index (Phi) is 8.62. The van der Waals surface area contributed by atoms with Crippen LogP contribution in [0.1, 0.15) is 24.0 Å². The van der Waals surface area contributed by atoms with Crippen molar-refractivity contribution < 1.29 is 23.8 Å². The molecule has 3 amide bonds. The van der Waals surface area contributed by atoms with Crippen molar-refractivity contribution in [1.29, 1.82) is 0 Å². The average molecular weight is 557 g/mol. The number of urea groups is 1. The van der Waals surface area contributed by atoms with Crippen molar-refractivity contribution in [3.05, 3.63) is 84.1 Å². The van der Waals surface area contributed by atoms with Crippen LogP contribution in [0.3, 0.4) is 0 Å². The molecule has 3 aromatic carbocycles. The number of nitrogens with zero attached hydrogens (tertiary/aromatic N) is 2. The number of H-pyrrole nitrogens is 1. The van der Waals surface area contributed by atoms with Crippen molar-refractivity contribution in [1.82, 2.24) is 14.8 Å². The molecule has 0 bridgehead atoms. The van der Waals surface area contributed by atoms with Gasteiger partial charge in [-0.3, -0.25) is 4.79 Å². The van der Waals surface area contributed by atoms with Gasteiger partial charge in [0.05, 0.1) is 21.3 Å². The quantitative estimate of drug-likeness (QED) is 0.242. The third kappa shape index (κ3) is 6.74. The maximum absolute atomic E-state index is 13.9. The highest BCUT2D eigenvalue weighted by atomic mass is 16.5. The van der Waals surface area contributed by atoms with Crippen LogP contribution in [0.15, 0.2) is 72.9 Å². The molecule has 0 aliphatic heterocycles. The van der Waals surface area contributed by atoms with Crippen LogP contribution in [0.25, 0.3) is 10.9 Å². The second-order valence-electron chi connectivity index (χ2n) is 10.1. The number of para-hydroxylation sites is 1. The lowest BCUT2D eigenvalue weighted by molar-refractivity contribution is -0.132. The van der Waals surface area contributed by atoms with Gasteiger partial charge < -0.3 is 34.3 Å². The van der Waals surface area contributed by atoms with E-state index in [1.807, 2.05) is 47.5 Å². The molecule has 5 rings (SSSR count). The summed E-state index contributed by atoms with van der Waals surface area (Å²) < 4.78 is 16.1. The minimum Gasteiger partial charge on any atom is -0.497 e. The Balaban J connectivity index is 1.34. The van der Waals surface area contributed by atoms with E-state index in [0.717, 1.165) is 34.9 Å². The number of hydrogen-bond donors (Lipinski definition) is 2. The van der Waals surface area contributed by atoms with Gasteiger partial charge in [-0.15, -0.1) is 0 Å². The first-order valence-electron chi connectivity index (χ1n) is 13.7. The summed E-state index contributed by atoms with van der Waals surface area (Å²) in [4.78, 5) is 33.9. The lowest BCUT2D eigenvalue weighted by Crippen LogP contribution is -2.45. The van der Waals surface area contributed by atoms with Gasteiger partial charge >= 0.3 is 6.03 Å². The molecule has 1 fully saturated rings. The maximum Gasteiger partial charge on any atom is 0.322 e. The van der Waals surface area contributed by atoms with Gasteiger partial charge in [0.15, 0.2) is 11.5 Å². The minimum absolute atomic E-state index is 0.00612. The Morgan fingerprint density at radius 1 is 0.927 bits per heavy atom. The van der Waals surface area contributed by atoms with Crippen molar-refractivity contribution in [2.24, 2.45) is 0 Å². The SMILES string of the molecule is COc1ccc(NC(=O)N(CC(=O)N(CCc2c[nH]c3ccccc23)Cc2ccc(OC)c(OC)c2)C2CC2)cc1. The maximum atomic E-state index is 13.9. The first-order chi connectivity index (χ1) is 20.0. The van der Waals surface area contributed by atoms with E-state index < -0.39 is 0 Å². The summed E-state index contributed by atoms with van der Waals surface area (Å²) in [6, 6.07) is 20.7. The van der Waals surface area contributed by atoms with Crippen LogP contribution in [-0.2, 0) is 17.8 Å². The molecule has 4 aromatic rings. The Labute approximate surface area is 240 Å². The highest BCUT2D eigenvalue weighted by Crippen LogP contribution is 2.30. The van der Waals surface area contributed by atoms with E-state index in [4.69, 9.17) is 14.2 Å². The molecule has 1 aromatic heterocycles. The van der Waals surface area contributed by atoms with Gasteiger partial charge in [0.1, 0.15) is 12.3 Å². The molecule has 9 nitrogen and oxygen atoms in total. The van der Waals surface area contributed by atoms with E-state index in [2.05, 4.69) is 16.4 Å². The molecule has 0 saturated heterocycles. The second-order valence-corrected chi connectivity index (χ2v) is 10.1. The largest absolute Gasteiger partial charge is 0.497 e. The molecule has 0 atom stereocenters. The number of aromatic nitrogens is 1. The number of amides is 3. The van der Waals surface area contributed by atoms with Crippen molar-refractivity contribution in [2.75, 3.05) is 39.7 Å². The fourth-order valence-corrected chi connectivity index (χ4v) is 4.95. The molecule has 1 saturated carbocycles. The van der Waals surface area contributed by atoms with Crippen LogP contribution in [0.5, 0.6) is 17.2 Å². The van der Waals surface area contributed by atoms with Gasteiger partial charge in [-0.25, -0.2) is 4.79 Å². The van der Waals surface area contributed by atoms with Crippen LogP contribution in [0.2, 0.25) is 0 Å². The van der Waals surface area contributed by atoms with E-state index in [9.17, 15) is 9.59 Å². The van der Waals surface area contributed by atoms with Crippen LogP contribution >= 0.6 is 0 Å². The standard InChI is InChI=1S/C32H36N4O5/c1-39-26-13-9-24(10-14-26)34-32(38)36(25-11-12-25)21-31(37)35(20-22-8-15-29(40-2)30(18-22)41-3)17-16-23-19-33-28-7-5-4-6-27(23)28/h4-10,13-15,18-19,25,33H,11-12,16-17,20-21H2,1-3H3,(H,34,38). The zero-order chi connectivity index (χ0) is 28.8. The van der Waals surface area contributed by atoms with Gasteiger partial charge in [-0.05, 0) is 72.9 Å². The van der Waals surface area contributed by atoms with E-state index in [-0.39, 0.29) is 24.5 Å². The van der Waals surface area contributed by atoms with Gasteiger partial charge in [0.2, 0.25) is 5.91 Å². The van der Waals surface area contributed by atoms with Crippen LogP contribution in [0, 0.1) is 0 Å². The molecular formula is C32H36N4O5. The zero-order valence-electron chi connectivity index (χ0n) is 23.7. The molecular weight excluding hydrogens is 520 g/mol. The van der Waals surface area contributed by atoms with E-state index in [1.165, 1.54) is 0 Å². The molecule has 1 aliphatic carbocycles. The fraction of sp³-hybridized carbons (Fsp3) is 0.312. The first kappa shape index (κ1) is 27.9. The summed E-state index contributed by atoms with van der Waals surface area (Å²) in [7, 11) is 4.79. The van der Waals surface area contributed by atoms with Crippen LogP contribution in [-0.4, -0.2) is 67.2 Å². The number of carbonyl (C=O) groups is 2. The molecule has 0 unspecified atom stereocenters. The molecule has 214 valence electrons. The Morgan fingerprint density at radius 2 is 1.68 bits per heavy atom. The van der Waals surface area contributed by atoms with Crippen molar-refractivity contribution in [2.45, 2.75) is 31.8 Å². The van der Waals surface area contributed by atoms with Crippen LogP contribution < -0.4 is 19.5 Å². The first-order valence-corrected chi connectivity index (χ1v) is 13.7. The number of aromatic amines is 1. The highest BCUT2D eigenvalue weighted by Gasteiger charge is 2.35. The Morgan fingerprint density at radius 3 is 2.39 bits per heavy atom. The average Bonchev–Trinajstić information content (AvgIpc) is 3.77. The third-order valence-corrected chi connectivity index (χ3v) is 7.40. The van der Waals surface area contributed by atoms with Gasteiger partial charge in [-0.2, -0.15) is 0 Å². The number of benzene rings is 3. The monoisotopic (exact) mass is 556 g/mol. The molecule has 2 N–H and O–H groups in total. The topological polar surface area (TPSA) is 96.1 Å². The van der Waals surface area contributed by atoms with Crippen molar-refractivity contribution in [3.8, 4) is 17.2 Å². The van der Waals surface area contributed by atoms with Crippen LogP contribution in [0.4, 0.5) is 10.5 Å². The van der Waals surface area contributed by atoms with Gasteiger partial charge in [-0.1, -0.05) is 24.3 Å². The number of hydrogen-bond acceptors (Lipinski definition) is 5. The Bertz CT molecular complexity index is 1500. The second kappa shape index (κ2) is 12.7. The van der Waals surface area contributed by atoms with Gasteiger partial charge in [0.25, 0.3) is 0 Å². The lowest BCUT2D eigenvalue weighted by atomic mass is 10.1. The van der Waals surface area contributed by atoms with E-state index in [1.54, 1.807) is 50.5 Å². The van der Waals surface area contributed by atoms with E-state index >= 15 is 0 Å². The number of methoxy groups -OCH3 is 3. The third-order valence-electron chi connectivity index (χ3n) is 7.40. The fourth-order valence-electron chi connectivity index (χ4n) is 4.95. The number of fused-ring (bicyclic) bond motifs is 1. The number of nitrogens with one attached hydrogen (secondary N) is 2. The molecule has 41 heavy (non-hydrogen) atoms. The zero-order valence-corrected chi connectivity index (χ0v) is 23.7. The summed E-state index contributed by atoms with van der Waals surface area (Å²) >= 11 is 0. The number of anilines is 1. The predicted molar refractivity (Wildman–Crippen MR) is 159 cm³/mol. The summed E-state index contributed by atoms with van der Waals surface area (Å²) in [5.74, 6) is 1.82. The van der Waals surface area contributed by atoms with E-state index in [0.29, 0.717) is 42.4 Å². The minimum atomic E-state index is -0.284. The molecule has 9 heteroatoms. The predicted octanol–water partition coefficient (Wildman–Crippen LogP) is 5.46. The van der Waals surface area contributed by atoms with Crippen molar-refractivity contribution in [3.63, 3.8) is 0 Å². The lowest BCUT2D eigenvalue weighted by Gasteiger charge is -2.28. The number of carbonyl (C=O) groups excluding carboxylic acids is 2. The normalized spacial score (nSPS) is 12.6. The van der Waals surface area contributed by atoms with Gasteiger partial charge in [0, 0.05) is 41.9 Å². The smallest absolute Gasteiger partial charge is 0.322 e.